The number of rotatable bonds is 8. The maximum atomic E-state index is 9.81. The van der Waals surface area contributed by atoms with Crippen molar-refractivity contribution in [3.05, 3.63) is 55.0 Å². The first-order valence-corrected chi connectivity index (χ1v) is 11.5. The number of imidazole rings is 1. The number of nitrogens with zero attached hydrogens (tertiary/aromatic N) is 4. The minimum Gasteiger partial charge on any atom is -0.493 e. The molecule has 2 aromatic carbocycles. The molecule has 9 nitrogen and oxygen atoms in total. The lowest BCUT2D eigenvalue weighted by Crippen LogP contribution is -2.32. The average molecular weight is 476 g/mol. The van der Waals surface area contributed by atoms with Gasteiger partial charge in [-0.2, -0.15) is 0 Å². The van der Waals surface area contributed by atoms with E-state index in [1.165, 1.54) is 0 Å². The fourth-order valence-corrected chi connectivity index (χ4v) is 4.62. The van der Waals surface area contributed by atoms with Crippen molar-refractivity contribution in [1.82, 2.24) is 14.5 Å². The van der Waals surface area contributed by atoms with Gasteiger partial charge in [0.15, 0.2) is 11.5 Å². The Hall–Kier alpha value is -3.98. The van der Waals surface area contributed by atoms with Crippen LogP contribution in [0.1, 0.15) is 12.8 Å². The third kappa shape index (κ3) is 4.30. The van der Waals surface area contributed by atoms with Crippen LogP contribution in [0.3, 0.4) is 0 Å². The molecular formula is C26H29N5O4. The monoisotopic (exact) mass is 475 g/mol. The summed E-state index contributed by atoms with van der Waals surface area (Å²) < 4.78 is 18.3. The maximum absolute atomic E-state index is 9.81. The molecule has 3 heterocycles. The van der Waals surface area contributed by atoms with Crippen LogP contribution in [0.2, 0.25) is 0 Å². The number of nitrogens with one attached hydrogen (secondary N) is 1. The van der Waals surface area contributed by atoms with E-state index in [2.05, 4.69) is 15.2 Å². The van der Waals surface area contributed by atoms with Gasteiger partial charge < -0.3 is 34.1 Å². The molecule has 2 N–H and O–H groups in total. The molecule has 1 fully saturated rings. The second-order valence-corrected chi connectivity index (χ2v) is 8.39. The molecule has 5 rings (SSSR count). The SMILES string of the molecule is COc1cc(-n2cnc(Nc3cc(N4CCC[C@H]4CO)nc4ccccc34)c2)cc(OC)c1OC. The van der Waals surface area contributed by atoms with Crippen molar-refractivity contribution in [1.29, 1.82) is 0 Å². The number of aliphatic hydroxyl groups is 1. The van der Waals surface area contributed by atoms with Gasteiger partial charge in [-0.3, -0.25) is 0 Å². The number of pyridine rings is 1. The summed E-state index contributed by atoms with van der Waals surface area (Å²) in [5.41, 5.74) is 2.62. The number of para-hydroxylation sites is 1. The van der Waals surface area contributed by atoms with E-state index < -0.39 is 0 Å². The molecule has 0 saturated carbocycles. The molecule has 0 unspecified atom stereocenters. The molecule has 1 aliphatic rings. The van der Waals surface area contributed by atoms with Crippen LogP contribution in [0.25, 0.3) is 16.6 Å². The van der Waals surface area contributed by atoms with E-state index in [0.29, 0.717) is 23.1 Å². The number of ether oxygens (including phenoxy) is 3. The molecular weight excluding hydrogens is 446 g/mol. The van der Waals surface area contributed by atoms with Gasteiger partial charge in [0.05, 0.1) is 57.1 Å². The second kappa shape index (κ2) is 9.71. The molecule has 0 spiro atoms. The Labute approximate surface area is 203 Å². The highest BCUT2D eigenvalue weighted by Crippen LogP contribution is 2.39. The van der Waals surface area contributed by atoms with Crippen molar-refractivity contribution in [2.24, 2.45) is 0 Å². The number of fused-ring (bicyclic) bond motifs is 1. The number of hydrogen-bond acceptors (Lipinski definition) is 8. The van der Waals surface area contributed by atoms with Gasteiger partial charge in [-0.25, -0.2) is 9.97 Å². The van der Waals surface area contributed by atoms with E-state index in [0.717, 1.165) is 47.5 Å². The van der Waals surface area contributed by atoms with Crippen LogP contribution in [-0.4, -0.2) is 60.2 Å². The predicted octanol–water partition coefficient (Wildman–Crippen LogP) is 4.15. The molecule has 2 aromatic heterocycles. The van der Waals surface area contributed by atoms with Crippen molar-refractivity contribution in [2.45, 2.75) is 18.9 Å². The minimum atomic E-state index is 0.0933. The summed E-state index contributed by atoms with van der Waals surface area (Å²) in [7, 11) is 4.77. The molecule has 0 bridgehead atoms. The number of anilines is 3. The van der Waals surface area contributed by atoms with Crippen molar-refractivity contribution in [3.63, 3.8) is 0 Å². The predicted molar refractivity (Wildman–Crippen MR) is 136 cm³/mol. The highest BCUT2D eigenvalue weighted by molar-refractivity contribution is 5.94. The highest BCUT2D eigenvalue weighted by Gasteiger charge is 2.26. The Kier molecular flexibility index (Phi) is 6.33. The van der Waals surface area contributed by atoms with Gasteiger partial charge in [0, 0.05) is 30.1 Å². The molecule has 9 heteroatoms. The summed E-state index contributed by atoms with van der Waals surface area (Å²) in [6.07, 6.45) is 5.65. The smallest absolute Gasteiger partial charge is 0.203 e. The summed E-state index contributed by atoms with van der Waals surface area (Å²) in [4.78, 5) is 11.6. The van der Waals surface area contributed by atoms with Crippen LogP contribution in [0.4, 0.5) is 17.3 Å². The minimum absolute atomic E-state index is 0.0933. The van der Waals surface area contributed by atoms with Gasteiger partial charge in [-0.05, 0) is 18.9 Å². The third-order valence-corrected chi connectivity index (χ3v) is 6.38. The van der Waals surface area contributed by atoms with Gasteiger partial charge in [-0.15, -0.1) is 0 Å². The molecule has 0 radical (unpaired) electrons. The molecule has 1 aliphatic heterocycles. The number of methoxy groups -OCH3 is 3. The van der Waals surface area contributed by atoms with Gasteiger partial charge in [0.2, 0.25) is 5.75 Å². The Morgan fingerprint density at radius 3 is 2.54 bits per heavy atom. The van der Waals surface area contributed by atoms with Gasteiger partial charge in [-0.1, -0.05) is 18.2 Å². The van der Waals surface area contributed by atoms with Crippen molar-refractivity contribution in [3.8, 4) is 22.9 Å². The van der Waals surface area contributed by atoms with E-state index in [4.69, 9.17) is 19.2 Å². The van der Waals surface area contributed by atoms with Crippen LogP contribution in [0.15, 0.2) is 55.0 Å². The van der Waals surface area contributed by atoms with Crippen molar-refractivity contribution >= 4 is 28.2 Å². The topological polar surface area (TPSA) is 93.9 Å². The van der Waals surface area contributed by atoms with Gasteiger partial charge in [0.25, 0.3) is 0 Å². The third-order valence-electron chi connectivity index (χ3n) is 6.38. The Balaban J connectivity index is 1.50. The fraction of sp³-hybridized carbons (Fsp3) is 0.308. The number of aromatic nitrogens is 3. The summed E-state index contributed by atoms with van der Waals surface area (Å²) in [6, 6.07) is 13.9. The largest absolute Gasteiger partial charge is 0.493 e. The van der Waals surface area contributed by atoms with E-state index >= 15 is 0 Å². The molecule has 1 atom stereocenters. The molecule has 35 heavy (non-hydrogen) atoms. The first kappa shape index (κ1) is 22.8. The van der Waals surface area contributed by atoms with E-state index in [1.807, 2.05) is 53.2 Å². The lowest BCUT2D eigenvalue weighted by Gasteiger charge is -2.25. The summed E-state index contributed by atoms with van der Waals surface area (Å²) in [6.45, 7) is 1.00. The highest BCUT2D eigenvalue weighted by atomic mass is 16.5. The molecule has 0 aliphatic carbocycles. The molecule has 1 saturated heterocycles. The van der Waals surface area contributed by atoms with Crippen molar-refractivity contribution < 1.29 is 19.3 Å². The zero-order chi connectivity index (χ0) is 24.4. The Bertz CT molecular complexity index is 1310. The second-order valence-electron chi connectivity index (χ2n) is 8.39. The zero-order valence-corrected chi connectivity index (χ0v) is 20.1. The quantitative estimate of drug-likeness (QED) is 0.393. The van der Waals surface area contributed by atoms with Crippen LogP contribution < -0.4 is 24.4 Å². The van der Waals surface area contributed by atoms with Crippen molar-refractivity contribution in [2.75, 3.05) is 44.7 Å². The summed E-state index contributed by atoms with van der Waals surface area (Å²) >= 11 is 0. The molecule has 182 valence electrons. The lowest BCUT2D eigenvalue weighted by atomic mass is 10.1. The van der Waals surface area contributed by atoms with E-state index in [9.17, 15) is 5.11 Å². The average Bonchev–Trinajstić information content (AvgIpc) is 3.57. The fourth-order valence-electron chi connectivity index (χ4n) is 4.62. The molecule has 0 amide bonds. The number of aliphatic hydroxyl groups excluding tert-OH is 1. The van der Waals surface area contributed by atoms with E-state index in [-0.39, 0.29) is 12.6 Å². The normalized spacial score (nSPS) is 15.4. The lowest BCUT2D eigenvalue weighted by molar-refractivity contribution is 0.266. The first-order chi connectivity index (χ1) is 17.1. The number of hydrogen-bond donors (Lipinski definition) is 2. The molecule has 4 aromatic rings. The number of benzene rings is 2. The van der Waals surface area contributed by atoms with Crippen LogP contribution in [0, 0.1) is 0 Å². The van der Waals surface area contributed by atoms with Crippen LogP contribution in [0.5, 0.6) is 17.2 Å². The standard InChI is InChI=1S/C26H29N5O4/c1-33-22-11-18(12-23(34-2)26(22)35-3)30-14-24(27-16-30)28-21-13-25(31-10-6-7-17(31)15-32)29-20-9-5-4-8-19(20)21/h4-5,8-9,11-14,16-17,32H,6-7,10,15H2,1-3H3,(H,28,29)/t17-/m0/s1. The van der Waals surface area contributed by atoms with Crippen LogP contribution >= 0.6 is 0 Å². The Morgan fingerprint density at radius 1 is 1.06 bits per heavy atom. The zero-order valence-electron chi connectivity index (χ0n) is 20.1. The van der Waals surface area contributed by atoms with E-state index in [1.54, 1.807) is 27.7 Å². The Morgan fingerprint density at radius 2 is 1.83 bits per heavy atom. The van der Waals surface area contributed by atoms with Gasteiger partial charge in [0.1, 0.15) is 18.0 Å². The maximum Gasteiger partial charge on any atom is 0.203 e. The van der Waals surface area contributed by atoms with Crippen LogP contribution in [-0.2, 0) is 0 Å². The van der Waals surface area contributed by atoms with Gasteiger partial charge >= 0.3 is 0 Å². The summed E-state index contributed by atoms with van der Waals surface area (Å²) in [5, 5.41) is 14.3. The summed E-state index contributed by atoms with van der Waals surface area (Å²) in [5.74, 6) is 3.21. The first-order valence-electron chi connectivity index (χ1n) is 11.5.